The third kappa shape index (κ3) is 5.08. The van der Waals surface area contributed by atoms with Gasteiger partial charge >= 0.3 is 0 Å². The highest BCUT2D eigenvalue weighted by Crippen LogP contribution is 2.28. The standard InChI is InChI=1S/C22H19BrN4O2S/c23-17-8-10-20(11-9-17)29-14-19(28)15-30-22-26-25-21(16-5-4-12-24-13-16)27(22)18-6-2-1-3-7-18/h1-13,19,28H,14-15H2/t19-/m0/s1. The van der Waals surface area contributed by atoms with Crippen molar-refractivity contribution in [2.45, 2.75) is 11.3 Å². The van der Waals surface area contributed by atoms with Gasteiger partial charge in [0.25, 0.3) is 0 Å². The Morgan fingerprint density at radius 3 is 2.53 bits per heavy atom. The first-order chi connectivity index (χ1) is 14.7. The van der Waals surface area contributed by atoms with E-state index < -0.39 is 6.10 Å². The SMILES string of the molecule is O[C@@H](COc1ccc(Br)cc1)CSc1nnc(-c2cccnc2)n1-c1ccccc1. The maximum absolute atomic E-state index is 10.4. The summed E-state index contributed by atoms with van der Waals surface area (Å²) < 4.78 is 8.62. The van der Waals surface area contributed by atoms with Crippen LogP contribution < -0.4 is 4.74 Å². The second kappa shape index (κ2) is 9.88. The van der Waals surface area contributed by atoms with Crippen LogP contribution in [0.25, 0.3) is 17.1 Å². The highest BCUT2D eigenvalue weighted by atomic mass is 79.9. The number of aromatic nitrogens is 4. The zero-order valence-corrected chi connectivity index (χ0v) is 18.3. The molecule has 4 rings (SSSR count). The summed E-state index contributed by atoms with van der Waals surface area (Å²) in [5, 5.41) is 19.8. The van der Waals surface area contributed by atoms with Crippen molar-refractivity contribution in [3.63, 3.8) is 0 Å². The number of aliphatic hydroxyl groups is 1. The number of benzene rings is 2. The Bertz CT molecular complexity index is 1080. The molecule has 0 unspecified atom stereocenters. The van der Waals surface area contributed by atoms with E-state index in [0.29, 0.717) is 22.5 Å². The largest absolute Gasteiger partial charge is 0.491 e. The highest BCUT2D eigenvalue weighted by Gasteiger charge is 2.17. The molecular formula is C22H19BrN4O2S. The van der Waals surface area contributed by atoms with Gasteiger partial charge in [0.1, 0.15) is 12.4 Å². The van der Waals surface area contributed by atoms with E-state index in [1.807, 2.05) is 71.3 Å². The lowest BCUT2D eigenvalue weighted by atomic mass is 10.2. The molecule has 0 aliphatic heterocycles. The van der Waals surface area contributed by atoms with Crippen molar-refractivity contribution in [1.29, 1.82) is 0 Å². The summed E-state index contributed by atoms with van der Waals surface area (Å²) in [5.41, 5.74) is 1.82. The van der Waals surface area contributed by atoms with Crippen molar-refractivity contribution < 1.29 is 9.84 Å². The van der Waals surface area contributed by atoms with Crippen molar-refractivity contribution in [2.75, 3.05) is 12.4 Å². The fourth-order valence-corrected chi connectivity index (χ4v) is 3.92. The molecule has 1 atom stereocenters. The molecule has 30 heavy (non-hydrogen) atoms. The summed E-state index contributed by atoms with van der Waals surface area (Å²) in [6.45, 7) is 0.198. The number of aliphatic hydroxyl groups excluding tert-OH is 1. The number of ether oxygens (including phenoxy) is 1. The number of pyridine rings is 1. The molecule has 2 aromatic heterocycles. The van der Waals surface area contributed by atoms with Crippen LogP contribution in [-0.2, 0) is 0 Å². The van der Waals surface area contributed by atoms with E-state index in [1.165, 1.54) is 11.8 Å². The van der Waals surface area contributed by atoms with E-state index in [0.717, 1.165) is 15.7 Å². The van der Waals surface area contributed by atoms with Crippen molar-refractivity contribution in [3.05, 3.63) is 83.6 Å². The molecular weight excluding hydrogens is 464 g/mol. The third-order valence-electron chi connectivity index (χ3n) is 4.23. The predicted octanol–water partition coefficient (Wildman–Crippen LogP) is 4.62. The van der Waals surface area contributed by atoms with Gasteiger partial charge in [0.2, 0.25) is 0 Å². The number of hydrogen-bond donors (Lipinski definition) is 1. The van der Waals surface area contributed by atoms with Crippen molar-refractivity contribution in [1.82, 2.24) is 19.7 Å². The first kappa shape index (κ1) is 20.6. The van der Waals surface area contributed by atoms with Gasteiger partial charge in [0.05, 0.1) is 6.10 Å². The van der Waals surface area contributed by atoms with Crippen LogP contribution in [0.4, 0.5) is 0 Å². The molecule has 0 amide bonds. The molecule has 0 radical (unpaired) electrons. The summed E-state index contributed by atoms with van der Waals surface area (Å²) in [4.78, 5) is 4.19. The Labute approximate surface area is 187 Å². The van der Waals surface area contributed by atoms with Gasteiger partial charge in [-0.05, 0) is 48.5 Å². The Morgan fingerprint density at radius 2 is 1.80 bits per heavy atom. The Morgan fingerprint density at radius 1 is 1.00 bits per heavy atom. The molecule has 0 saturated carbocycles. The molecule has 0 bridgehead atoms. The van der Waals surface area contributed by atoms with Gasteiger partial charge in [0, 0.05) is 33.9 Å². The molecule has 0 saturated heterocycles. The Kier molecular flexibility index (Phi) is 6.78. The van der Waals surface area contributed by atoms with Gasteiger partial charge in [-0.15, -0.1) is 10.2 Å². The first-order valence-electron chi connectivity index (χ1n) is 9.31. The van der Waals surface area contributed by atoms with Crippen LogP contribution in [0.1, 0.15) is 0 Å². The number of para-hydroxylation sites is 1. The monoisotopic (exact) mass is 482 g/mol. The second-order valence-electron chi connectivity index (χ2n) is 6.45. The maximum Gasteiger partial charge on any atom is 0.196 e. The third-order valence-corrected chi connectivity index (χ3v) is 5.83. The molecule has 0 spiro atoms. The van der Waals surface area contributed by atoms with E-state index in [4.69, 9.17) is 4.74 Å². The molecule has 8 heteroatoms. The van der Waals surface area contributed by atoms with E-state index in [2.05, 4.69) is 31.1 Å². The van der Waals surface area contributed by atoms with Crippen LogP contribution in [0.3, 0.4) is 0 Å². The van der Waals surface area contributed by atoms with Gasteiger partial charge in [-0.1, -0.05) is 45.9 Å². The minimum Gasteiger partial charge on any atom is -0.491 e. The normalized spacial score (nSPS) is 11.9. The first-order valence-corrected chi connectivity index (χ1v) is 11.1. The van der Waals surface area contributed by atoms with Crippen LogP contribution in [0.5, 0.6) is 5.75 Å². The molecule has 0 fully saturated rings. The van der Waals surface area contributed by atoms with E-state index in [-0.39, 0.29) is 6.61 Å². The van der Waals surface area contributed by atoms with Gasteiger partial charge < -0.3 is 9.84 Å². The number of nitrogens with zero attached hydrogens (tertiary/aromatic N) is 4. The smallest absolute Gasteiger partial charge is 0.196 e. The average molecular weight is 483 g/mol. The Hall–Kier alpha value is -2.68. The summed E-state index contributed by atoms with van der Waals surface area (Å²) in [7, 11) is 0. The lowest BCUT2D eigenvalue weighted by molar-refractivity contribution is 0.126. The second-order valence-corrected chi connectivity index (χ2v) is 8.35. The molecule has 2 heterocycles. The van der Waals surface area contributed by atoms with Gasteiger partial charge in [-0.3, -0.25) is 9.55 Å². The van der Waals surface area contributed by atoms with Crippen LogP contribution >= 0.6 is 27.7 Å². The van der Waals surface area contributed by atoms with E-state index >= 15 is 0 Å². The molecule has 0 aliphatic carbocycles. The van der Waals surface area contributed by atoms with E-state index in [1.54, 1.807) is 12.4 Å². The average Bonchev–Trinajstić information content (AvgIpc) is 3.22. The molecule has 152 valence electrons. The van der Waals surface area contributed by atoms with Crippen LogP contribution in [0.2, 0.25) is 0 Å². The topological polar surface area (TPSA) is 73.1 Å². The minimum atomic E-state index is -0.651. The van der Waals surface area contributed by atoms with Crippen LogP contribution in [0, 0.1) is 0 Å². The Balaban J connectivity index is 1.48. The highest BCUT2D eigenvalue weighted by molar-refractivity contribution is 9.10. The van der Waals surface area contributed by atoms with Crippen molar-refractivity contribution in [3.8, 4) is 22.8 Å². The van der Waals surface area contributed by atoms with Gasteiger partial charge in [-0.2, -0.15) is 0 Å². The van der Waals surface area contributed by atoms with Crippen LogP contribution in [0.15, 0.2) is 88.8 Å². The molecule has 6 nitrogen and oxygen atoms in total. The number of halogens is 1. The van der Waals surface area contributed by atoms with Gasteiger partial charge in [0.15, 0.2) is 11.0 Å². The summed E-state index contributed by atoms with van der Waals surface area (Å²) in [5.74, 6) is 1.85. The molecule has 0 aliphatic rings. The van der Waals surface area contributed by atoms with Crippen LogP contribution in [-0.4, -0.2) is 43.3 Å². The van der Waals surface area contributed by atoms with Crippen molar-refractivity contribution in [2.24, 2.45) is 0 Å². The predicted molar refractivity (Wildman–Crippen MR) is 121 cm³/mol. The minimum absolute atomic E-state index is 0.198. The van der Waals surface area contributed by atoms with Crippen molar-refractivity contribution >= 4 is 27.7 Å². The fourth-order valence-electron chi connectivity index (χ4n) is 2.80. The lowest BCUT2D eigenvalue weighted by Crippen LogP contribution is -2.20. The lowest BCUT2D eigenvalue weighted by Gasteiger charge is -2.13. The summed E-state index contributed by atoms with van der Waals surface area (Å²) in [6, 6.07) is 21.2. The van der Waals surface area contributed by atoms with E-state index in [9.17, 15) is 5.11 Å². The molecule has 1 N–H and O–H groups in total. The number of hydrogen-bond acceptors (Lipinski definition) is 6. The zero-order valence-electron chi connectivity index (χ0n) is 15.9. The zero-order chi connectivity index (χ0) is 20.8. The molecule has 2 aromatic carbocycles. The number of rotatable bonds is 8. The maximum atomic E-state index is 10.4. The molecule has 4 aromatic rings. The van der Waals surface area contributed by atoms with Gasteiger partial charge in [-0.25, -0.2) is 0 Å². The summed E-state index contributed by atoms with van der Waals surface area (Å²) in [6.07, 6.45) is 2.84. The fraction of sp³-hybridized carbons (Fsp3) is 0.136. The summed E-state index contributed by atoms with van der Waals surface area (Å²) >= 11 is 4.83. The number of thioether (sulfide) groups is 1. The quantitative estimate of drug-likeness (QED) is 0.369.